The Morgan fingerprint density at radius 2 is 1.94 bits per heavy atom. The van der Waals surface area contributed by atoms with Crippen LogP contribution in [-0.2, 0) is 0 Å². The van der Waals surface area contributed by atoms with E-state index in [1.165, 1.54) is 32.6 Å². The highest BCUT2D eigenvalue weighted by Crippen LogP contribution is 2.22. The summed E-state index contributed by atoms with van der Waals surface area (Å²) in [6.07, 6.45) is 1.26. The normalized spacial score (nSPS) is 25.3. The molecule has 2 unspecified atom stereocenters. The number of hydrogen-bond acceptors (Lipinski definition) is 3. The van der Waals surface area contributed by atoms with Gasteiger partial charge in [-0.05, 0) is 38.9 Å². The fourth-order valence-electron chi connectivity index (χ4n) is 2.73. The summed E-state index contributed by atoms with van der Waals surface area (Å²) in [5, 5.41) is 3.65. The maximum atomic E-state index is 3.65. The van der Waals surface area contributed by atoms with Gasteiger partial charge in [0.25, 0.3) is 0 Å². The summed E-state index contributed by atoms with van der Waals surface area (Å²) in [6, 6.07) is 1.32. The van der Waals surface area contributed by atoms with E-state index in [1.807, 2.05) is 0 Å². The molecule has 18 heavy (non-hydrogen) atoms. The van der Waals surface area contributed by atoms with E-state index in [-0.39, 0.29) is 0 Å². The maximum Gasteiger partial charge on any atom is 0.0192 e. The molecule has 0 saturated carbocycles. The van der Waals surface area contributed by atoms with Crippen LogP contribution in [0.4, 0.5) is 0 Å². The van der Waals surface area contributed by atoms with Crippen molar-refractivity contribution in [1.29, 1.82) is 0 Å². The predicted octanol–water partition coefficient (Wildman–Crippen LogP) is 2.04. The standard InChI is InChI=1S/C15H33N3/c1-7-16-14(15(3,4)5)8-9-18-11-10-17(6)13(2)12-18/h13-14,16H,7-12H2,1-6H3. The van der Waals surface area contributed by atoms with Crippen molar-refractivity contribution in [2.75, 3.05) is 39.8 Å². The summed E-state index contributed by atoms with van der Waals surface area (Å²) in [5.74, 6) is 0. The van der Waals surface area contributed by atoms with Gasteiger partial charge in [0.1, 0.15) is 0 Å². The van der Waals surface area contributed by atoms with E-state index in [9.17, 15) is 0 Å². The van der Waals surface area contributed by atoms with Crippen LogP contribution in [0.3, 0.4) is 0 Å². The third kappa shape index (κ3) is 4.87. The predicted molar refractivity (Wildman–Crippen MR) is 80.1 cm³/mol. The van der Waals surface area contributed by atoms with Gasteiger partial charge in [-0.25, -0.2) is 0 Å². The quantitative estimate of drug-likeness (QED) is 0.811. The third-order valence-corrected chi connectivity index (χ3v) is 4.27. The molecule has 0 radical (unpaired) electrons. The molecular weight excluding hydrogens is 222 g/mol. The van der Waals surface area contributed by atoms with Gasteiger partial charge in [-0.15, -0.1) is 0 Å². The molecule has 0 bridgehead atoms. The molecule has 0 amide bonds. The van der Waals surface area contributed by atoms with Crippen molar-refractivity contribution in [2.45, 2.75) is 53.1 Å². The van der Waals surface area contributed by atoms with E-state index >= 15 is 0 Å². The summed E-state index contributed by atoms with van der Waals surface area (Å²) in [7, 11) is 2.23. The Bertz CT molecular complexity index is 234. The minimum absolute atomic E-state index is 0.355. The lowest BCUT2D eigenvalue weighted by atomic mass is 9.84. The monoisotopic (exact) mass is 255 g/mol. The fourth-order valence-corrected chi connectivity index (χ4v) is 2.73. The number of piperazine rings is 1. The largest absolute Gasteiger partial charge is 0.314 e. The highest BCUT2D eigenvalue weighted by atomic mass is 15.3. The SMILES string of the molecule is CCNC(CCN1CCN(C)C(C)C1)C(C)(C)C. The molecule has 1 aliphatic rings. The molecule has 0 aromatic heterocycles. The molecule has 1 heterocycles. The number of rotatable bonds is 5. The summed E-state index contributed by atoms with van der Waals surface area (Å²) in [6.45, 7) is 17.5. The molecule has 0 aromatic rings. The van der Waals surface area contributed by atoms with Gasteiger partial charge in [0.05, 0.1) is 0 Å². The van der Waals surface area contributed by atoms with Gasteiger partial charge in [-0.3, -0.25) is 0 Å². The fraction of sp³-hybridized carbons (Fsp3) is 1.00. The first-order valence-electron chi connectivity index (χ1n) is 7.50. The first-order valence-corrected chi connectivity index (χ1v) is 7.50. The number of nitrogens with zero attached hydrogens (tertiary/aromatic N) is 2. The first-order chi connectivity index (χ1) is 8.34. The molecule has 0 spiro atoms. The van der Waals surface area contributed by atoms with Crippen LogP contribution in [0.2, 0.25) is 0 Å². The van der Waals surface area contributed by atoms with Gasteiger partial charge in [0.15, 0.2) is 0 Å². The van der Waals surface area contributed by atoms with E-state index < -0.39 is 0 Å². The van der Waals surface area contributed by atoms with Crippen molar-refractivity contribution >= 4 is 0 Å². The van der Waals surface area contributed by atoms with Gasteiger partial charge in [-0.2, -0.15) is 0 Å². The Kier molecular flexibility index (Phi) is 6.09. The Balaban J connectivity index is 2.38. The topological polar surface area (TPSA) is 18.5 Å². The van der Waals surface area contributed by atoms with E-state index in [0.717, 1.165) is 6.54 Å². The van der Waals surface area contributed by atoms with E-state index in [4.69, 9.17) is 0 Å². The second-order valence-corrected chi connectivity index (χ2v) is 6.90. The van der Waals surface area contributed by atoms with Crippen molar-refractivity contribution in [3.05, 3.63) is 0 Å². The Labute approximate surface area is 114 Å². The average Bonchev–Trinajstić information content (AvgIpc) is 2.27. The van der Waals surface area contributed by atoms with Crippen molar-refractivity contribution in [2.24, 2.45) is 5.41 Å². The Morgan fingerprint density at radius 1 is 1.28 bits per heavy atom. The van der Waals surface area contributed by atoms with Gasteiger partial charge in [0.2, 0.25) is 0 Å². The van der Waals surface area contributed by atoms with Crippen molar-refractivity contribution < 1.29 is 0 Å². The summed E-state index contributed by atoms with van der Waals surface area (Å²) >= 11 is 0. The lowest BCUT2D eigenvalue weighted by molar-refractivity contribution is 0.0962. The minimum atomic E-state index is 0.355. The minimum Gasteiger partial charge on any atom is -0.314 e. The summed E-state index contributed by atoms with van der Waals surface area (Å²) in [4.78, 5) is 5.09. The van der Waals surface area contributed by atoms with Crippen LogP contribution in [0.25, 0.3) is 0 Å². The smallest absolute Gasteiger partial charge is 0.0192 e. The van der Waals surface area contributed by atoms with Crippen LogP contribution in [-0.4, -0.2) is 61.7 Å². The number of likely N-dealkylation sites (N-methyl/N-ethyl adjacent to an activating group) is 1. The number of hydrogen-bond donors (Lipinski definition) is 1. The Morgan fingerprint density at radius 3 is 2.44 bits per heavy atom. The second kappa shape index (κ2) is 6.88. The van der Waals surface area contributed by atoms with Crippen LogP contribution in [0, 0.1) is 5.41 Å². The van der Waals surface area contributed by atoms with Gasteiger partial charge < -0.3 is 15.1 Å². The van der Waals surface area contributed by atoms with Crippen LogP contribution in [0.5, 0.6) is 0 Å². The molecule has 2 atom stereocenters. The van der Waals surface area contributed by atoms with Crippen LogP contribution < -0.4 is 5.32 Å². The Hall–Kier alpha value is -0.120. The lowest BCUT2D eigenvalue weighted by Crippen LogP contribution is -2.51. The van der Waals surface area contributed by atoms with Gasteiger partial charge in [-0.1, -0.05) is 27.7 Å². The van der Waals surface area contributed by atoms with E-state index in [2.05, 4.69) is 56.8 Å². The molecule has 1 aliphatic heterocycles. The van der Waals surface area contributed by atoms with E-state index in [0.29, 0.717) is 17.5 Å². The van der Waals surface area contributed by atoms with Gasteiger partial charge in [0, 0.05) is 31.7 Å². The molecule has 108 valence electrons. The molecule has 1 fully saturated rings. The van der Waals surface area contributed by atoms with Crippen molar-refractivity contribution in [1.82, 2.24) is 15.1 Å². The highest BCUT2D eigenvalue weighted by molar-refractivity contribution is 4.83. The van der Waals surface area contributed by atoms with Crippen LogP contribution in [0.15, 0.2) is 0 Å². The lowest BCUT2D eigenvalue weighted by Gasteiger charge is -2.39. The zero-order valence-electron chi connectivity index (χ0n) is 13.3. The van der Waals surface area contributed by atoms with Crippen LogP contribution in [0.1, 0.15) is 41.0 Å². The van der Waals surface area contributed by atoms with E-state index in [1.54, 1.807) is 0 Å². The van der Waals surface area contributed by atoms with Crippen molar-refractivity contribution in [3.63, 3.8) is 0 Å². The molecule has 1 saturated heterocycles. The molecular formula is C15H33N3. The zero-order valence-corrected chi connectivity index (χ0v) is 13.3. The molecule has 3 heteroatoms. The summed E-state index contributed by atoms with van der Waals surface area (Å²) < 4.78 is 0. The van der Waals surface area contributed by atoms with Crippen molar-refractivity contribution in [3.8, 4) is 0 Å². The first kappa shape index (κ1) is 15.9. The summed E-state index contributed by atoms with van der Waals surface area (Å²) in [5.41, 5.74) is 0.355. The second-order valence-electron chi connectivity index (χ2n) is 6.90. The molecule has 1 N–H and O–H groups in total. The zero-order chi connectivity index (χ0) is 13.8. The molecule has 1 rings (SSSR count). The number of nitrogens with one attached hydrogen (secondary N) is 1. The maximum absolute atomic E-state index is 3.65. The molecule has 3 nitrogen and oxygen atoms in total. The average molecular weight is 255 g/mol. The van der Waals surface area contributed by atoms with Crippen LogP contribution >= 0.6 is 0 Å². The molecule has 0 aliphatic carbocycles. The van der Waals surface area contributed by atoms with Gasteiger partial charge >= 0.3 is 0 Å². The molecule has 0 aromatic carbocycles. The highest BCUT2D eigenvalue weighted by Gasteiger charge is 2.26. The third-order valence-electron chi connectivity index (χ3n) is 4.27.